The van der Waals surface area contributed by atoms with Gasteiger partial charge in [-0.05, 0) is 66.1 Å². The minimum atomic E-state index is -0.137. The van der Waals surface area contributed by atoms with Crippen molar-refractivity contribution in [2.75, 3.05) is 13.1 Å². The molecule has 0 aromatic heterocycles. The highest BCUT2D eigenvalue weighted by atomic mass is 16.3. The van der Waals surface area contributed by atoms with Gasteiger partial charge in [0, 0.05) is 35.7 Å². The minimum Gasteiger partial charge on any atom is -0.508 e. The van der Waals surface area contributed by atoms with Gasteiger partial charge < -0.3 is 15.3 Å². The number of likely N-dealkylation sites (tertiary alicyclic amines) is 1. The van der Waals surface area contributed by atoms with Crippen molar-refractivity contribution < 1.29 is 14.7 Å². The summed E-state index contributed by atoms with van der Waals surface area (Å²) in [5, 5.41) is 13.4. The Kier molecular flexibility index (Phi) is 5.32. The van der Waals surface area contributed by atoms with Crippen molar-refractivity contribution >= 4 is 11.8 Å². The third-order valence-corrected chi connectivity index (χ3v) is 7.82. The predicted molar refractivity (Wildman–Crippen MR) is 121 cm³/mol. The molecule has 0 saturated carbocycles. The van der Waals surface area contributed by atoms with Crippen LogP contribution in [0.15, 0.2) is 42.5 Å². The minimum absolute atomic E-state index is 0.00733. The Morgan fingerprint density at radius 1 is 1.10 bits per heavy atom. The van der Waals surface area contributed by atoms with Crippen LogP contribution in [-0.4, -0.2) is 41.0 Å². The molecule has 0 spiro atoms. The summed E-state index contributed by atoms with van der Waals surface area (Å²) in [5.41, 5.74) is 3.09. The molecule has 1 aliphatic heterocycles. The number of amides is 2. The lowest BCUT2D eigenvalue weighted by atomic mass is 9.51. The number of hydrogen-bond acceptors (Lipinski definition) is 3. The van der Waals surface area contributed by atoms with E-state index in [1.54, 1.807) is 30.3 Å². The van der Waals surface area contributed by atoms with Gasteiger partial charge in [-0.25, -0.2) is 0 Å². The number of hydrogen-bond donors (Lipinski definition) is 2. The molecule has 2 atom stereocenters. The molecule has 2 aromatic rings. The summed E-state index contributed by atoms with van der Waals surface area (Å²) in [6.45, 7) is 10.1. The Bertz CT molecular complexity index is 1010. The van der Waals surface area contributed by atoms with Crippen LogP contribution < -0.4 is 5.32 Å². The van der Waals surface area contributed by atoms with Crippen LogP contribution in [0.2, 0.25) is 0 Å². The van der Waals surface area contributed by atoms with Crippen LogP contribution in [0.3, 0.4) is 0 Å². The lowest BCUT2D eigenvalue weighted by molar-refractivity contribution is -0.0266. The van der Waals surface area contributed by atoms with Gasteiger partial charge in [-0.2, -0.15) is 0 Å². The van der Waals surface area contributed by atoms with Crippen LogP contribution in [-0.2, 0) is 11.8 Å². The van der Waals surface area contributed by atoms with E-state index in [4.69, 9.17) is 0 Å². The number of fused-ring (bicyclic) bond motifs is 4. The van der Waals surface area contributed by atoms with E-state index in [0.29, 0.717) is 36.4 Å². The molecule has 4 rings (SSSR count). The lowest BCUT2D eigenvalue weighted by Crippen LogP contribution is -2.64. The van der Waals surface area contributed by atoms with Crippen LogP contribution >= 0.6 is 0 Å². The molecule has 164 valence electrons. The fourth-order valence-electron chi connectivity index (χ4n) is 5.44. The first-order chi connectivity index (χ1) is 14.7. The predicted octanol–water partition coefficient (Wildman–Crippen LogP) is 4.29. The maximum Gasteiger partial charge on any atom is 0.254 e. The highest BCUT2D eigenvalue weighted by molar-refractivity contribution is 5.98. The number of carbonyl (C=O) groups excluding carboxylic acids is 2. The molecule has 0 radical (unpaired) electrons. The van der Waals surface area contributed by atoms with E-state index < -0.39 is 0 Å². The number of phenolic OH excluding ortho intramolecular Hbond substituents is 1. The third-order valence-electron chi connectivity index (χ3n) is 7.82. The zero-order valence-electron chi connectivity index (χ0n) is 18.9. The monoisotopic (exact) mass is 420 g/mol. The second-order valence-electron chi connectivity index (χ2n) is 9.66. The summed E-state index contributed by atoms with van der Waals surface area (Å²) in [6, 6.07) is 12.7. The SMILES string of the molecule is CCCNC(=O)c1ccc(C(=O)N2CC[C@]3(C)c4cccc(O)c4C[C@@H]2C3(C)C)cc1. The van der Waals surface area contributed by atoms with Gasteiger partial charge in [0.05, 0.1) is 0 Å². The maximum absolute atomic E-state index is 13.5. The Morgan fingerprint density at radius 2 is 1.77 bits per heavy atom. The lowest BCUT2D eigenvalue weighted by Gasteiger charge is -2.60. The van der Waals surface area contributed by atoms with Gasteiger partial charge in [-0.3, -0.25) is 9.59 Å². The summed E-state index contributed by atoms with van der Waals surface area (Å²) < 4.78 is 0. The molecule has 2 amide bonds. The Morgan fingerprint density at radius 3 is 2.45 bits per heavy atom. The van der Waals surface area contributed by atoms with Crippen molar-refractivity contribution in [3.8, 4) is 5.75 Å². The zero-order valence-corrected chi connectivity index (χ0v) is 18.9. The van der Waals surface area contributed by atoms with E-state index in [1.807, 2.05) is 17.9 Å². The van der Waals surface area contributed by atoms with E-state index in [1.165, 1.54) is 5.56 Å². The van der Waals surface area contributed by atoms with Crippen molar-refractivity contribution in [1.29, 1.82) is 0 Å². The molecule has 5 nitrogen and oxygen atoms in total. The molecular weight excluding hydrogens is 388 g/mol. The molecule has 31 heavy (non-hydrogen) atoms. The first kappa shape index (κ1) is 21.4. The van der Waals surface area contributed by atoms with Crippen LogP contribution in [0.25, 0.3) is 0 Å². The first-order valence-electron chi connectivity index (χ1n) is 11.2. The zero-order chi connectivity index (χ0) is 22.4. The Labute approximate surface area is 184 Å². The highest BCUT2D eigenvalue weighted by Crippen LogP contribution is 2.57. The smallest absolute Gasteiger partial charge is 0.254 e. The molecule has 2 N–H and O–H groups in total. The molecular formula is C26H32N2O3. The average Bonchev–Trinajstić information content (AvgIpc) is 2.75. The van der Waals surface area contributed by atoms with Gasteiger partial charge in [-0.15, -0.1) is 0 Å². The van der Waals surface area contributed by atoms with E-state index in [-0.39, 0.29) is 28.7 Å². The summed E-state index contributed by atoms with van der Waals surface area (Å²) in [5.74, 6) is 0.190. The first-order valence-corrected chi connectivity index (χ1v) is 11.2. The molecule has 0 unspecified atom stereocenters. The molecule has 2 bridgehead atoms. The van der Waals surface area contributed by atoms with E-state index in [0.717, 1.165) is 18.4 Å². The van der Waals surface area contributed by atoms with Crippen molar-refractivity contribution in [1.82, 2.24) is 10.2 Å². The van der Waals surface area contributed by atoms with Crippen LogP contribution in [0.5, 0.6) is 5.75 Å². The molecule has 1 saturated heterocycles. The van der Waals surface area contributed by atoms with E-state index in [9.17, 15) is 14.7 Å². The Balaban J connectivity index is 1.63. The van der Waals surface area contributed by atoms with Crippen molar-refractivity contribution in [3.63, 3.8) is 0 Å². The van der Waals surface area contributed by atoms with Gasteiger partial charge in [0.2, 0.25) is 0 Å². The number of nitrogens with one attached hydrogen (secondary N) is 1. The Hall–Kier alpha value is -2.82. The largest absolute Gasteiger partial charge is 0.508 e. The van der Waals surface area contributed by atoms with E-state index in [2.05, 4.69) is 32.2 Å². The molecule has 1 fully saturated rings. The maximum atomic E-state index is 13.5. The van der Waals surface area contributed by atoms with Crippen molar-refractivity contribution in [2.24, 2.45) is 5.41 Å². The fraction of sp³-hybridized carbons (Fsp3) is 0.462. The normalized spacial score (nSPS) is 23.7. The second-order valence-corrected chi connectivity index (χ2v) is 9.66. The van der Waals surface area contributed by atoms with Gasteiger partial charge in [0.25, 0.3) is 11.8 Å². The molecule has 1 heterocycles. The van der Waals surface area contributed by atoms with Gasteiger partial charge in [0.1, 0.15) is 5.75 Å². The van der Waals surface area contributed by atoms with Crippen LogP contribution in [0, 0.1) is 5.41 Å². The van der Waals surface area contributed by atoms with Crippen molar-refractivity contribution in [3.05, 3.63) is 64.7 Å². The topological polar surface area (TPSA) is 69.6 Å². The molecule has 1 aliphatic carbocycles. The summed E-state index contributed by atoms with van der Waals surface area (Å²) in [7, 11) is 0. The van der Waals surface area contributed by atoms with Gasteiger partial charge in [0.15, 0.2) is 0 Å². The molecule has 2 aliphatic rings. The number of piperidine rings is 1. The molecule has 2 aromatic carbocycles. The van der Waals surface area contributed by atoms with Crippen LogP contribution in [0.1, 0.15) is 72.4 Å². The highest BCUT2D eigenvalue weighted by Gasteiger charge is 2.57. The summed E-state index contributed by atoms with van der Waals surface area (Å²) >= 11 is 0. The average molecular weight is 421 g/mol. The summed E-state index contributed by atoms with van der Waals surface area (Å²) in [6.07, 6.45) is 2.37. The van der Waals surface area contributed by atoms with Crippen LogP contribution in [0.4, 0.5) is 0 Å². The summed E-state index contributed by atoms with van der Waals surface area (Å²) in [4.78, 5) is 27.6. The number of rotatable bonds is 4. The standard InChI is InChI=1S/C26H32N2O3/c1-5-14-27-23(30)17-9-11-18(12-10-17)24(31)28-15-13-26(4)20-7-6-8-21(29)19(20)16-22(28)25(26,2)3/h6-12,22,29H,5,13-16H2,1-4H3,(H,27,30)/t22-,26-/m1/s1. The quantitative estimate of drug-likeness (QED) is 0.775. The van der Waals surface area contributed by atoms with Crippen molar-refractivity contribution in [2.45, 2.75) is 58.4 Å². The molecule has 5 heteroatoms. The third kappa shape index (κ3) is 3.31. The second kappa shape index (κ2) is 7.70. The van der Waals surface area contributed by atoms with Gasteiger partial charge in [-0.1, -0.05) is 39.8 Å². The number of benzene rings is 2. The number of carbonyl (C=O) groups is 2. The number of aromatic hydroxyl groups is 1. The number of phenols is 1. The van der Waals surface area contributed by atoms with Gasteiger partial charge >= 0.3 is 0 Å². The van der Waals surface area contributed by atoms with E-state index >= 15 is 0 Å². The number of nitrogens with zero attached hydrogens (tertiary/aromatic N) is 1. The fourth-order valence-corrected chi connectivity index (χ4v) is 5.44.